The maximum atomic E-state index is 12.4. The second-order valence-corrected chi connectivity index (χ2v) is 1.83. The van der Waals surface area contributed by atoms with Gasteiger partial charge in [0.1, 0.15) is 5.69 Å². The highest BCUT2D eigenvalue weighted by Gasteiger charge is 2.14. The standard InChI is InChI=1S/C6H5FN2O2/c7-8(9(10)11)6-4-2-1-3-5-6/h1-5H. The molecule has 0 saturated carbocycles. The second kappa shape index (κ2) is 2.96. The molecule has 0 bridgehead atoms. The third kappa shape index (κ3) is 1.64. The van der Waals surface area contributed by atoms with Crippen molar-refractivity contribution in [3.63, 3.8) is 0 Å². The summed E-state index contributed by atoms with van der Waals surface area (Å²) in [7, 11) is 0. The van der Waals surface area contributed by atoms with Crippen LogP contribution in [-0.2, 0) is 0 Å². The van der Waals surface area contributed by atoms with Crippen molar-refractivity contribution in [2.75, 3.05) is 5.23 Å². The van der Waals surface area contributed by atoms with Crippen molar-refractivity contribution in [3.05, 3.63) is 40.4 Å². The zero-order valence-electron chi connectivity index (χ0n) is 5.48. The molecular weight excluding hydrogens is 151 g/mol. The molecule has 1 aromatic carbocycles. The van der Waals surface area contributed by atoms with Gasteiger partial charge in [0.05, 0.1) is 5.23 Å². The van der Waals surface area contributed by atoms with E-state index in [0.29, 0.717) is 0 Å². The third-order valence-corrected chi connectivity index (χ3v) is 1.11. The van der Waals surface area contributed by atoms with Gasteiger partial charge in [0.25, 0.3) is 0 Å². The summed E-state index contributed by atoms with van der Waals surface area (Å²) in [5.41, 5.74) is -0.0856. The zero-order valence-corrected chi connectivity index (χ0v) is 5.48. The van der Waals surface area contributed by atoms with E-state index in [1.807, 2.05) is 0 Å². The molecular formula is C6H5FN2O2. The monoisotopic (exact) mass is 156 g/mol. The zero-order chi connectivity index (χ0) is 8.27. The maximum absolute atomic E-state index is 12.4. The molecule has 11 heavy (non-hydrogen) atoms. The first-order valence-corrected chi connectivity index (χ1v) is 2.87. The molecule has 0 saturated heterocycles. The fourth-order valence-corrected chi connectivity index (χ4v) is 0.645. The maximum Gasteiger partial charge on any atom is 0.196 e. The molecule has 0 spiro atoms. The summed E-state index contributed by atoms with van der Waals surface area (Å²) < 4.78 is 12.4. The number of nitro groups is 1. The van der Waals surface area contributed by atoms with Gasteiger partial charge in [0.2, 0.25) is 0 Å². The van der Waals surface area contributed by atoms with Gasteiger partial charge in [-0.2, -0.15) is 0 Å². The minimum Gasteiger partial charge on any atom is -0.232 e. The van der Waals surface area contributed by atoms with Gasteiger partial charge in [-0.1, -0.05) is 18.2 Å². The smallest absolute Gasteiger partial charge is 0.196 e. The minimum absolute atomic E-state index is 0.0856. The molecule has 0 aliphatic rings. The summed E-state index contributed by atoms with van der Waals surface area (Å²) in [6, 6.07) is 7.31. The Hall–Kier alpha value is -1.65. The van der Waals surface area contributed by atoms with Crippen molar-refractivity contribution in [2.45, 2.75) is 0 Å². The van der Waals surface area contributed by atoms with Crippen LogP contribution >= 0.6 is 0 Å². The van der Waals surface area contributed by atoms with Gasteiger partial charge >= 0.3 is 0 Å². The van der Waals surface area contributed by atoms with Crippen LogP contribution in [0.5, 0.6) is 0 Å². The van der Waals surface area contributed by atoms with Crippen LogP contribution in [0.3, 0.4) is 0 Å². The minimum atomic E-state index is -1.13. The summed E-state index contributed by atoms with van der Waals surface area (Å²) in [4.78, 5) is 9.86. The number of rotatable bonds is 2. The topological polar surface area (TPSA) is 46.4 Å². The number of anilines is 1. The van der Waals surface area contributed by atoms with Gasteiger partial charge < -0.3 is 0 Å². The molecule has 0 aromatic heterocycles. The van der Waals surface area contributed by atoms with E-state index in [-0.39, 0.29) is 5.69 Å². The Bertz CT molecular complexity index is 252. The lowest BCUT2D eigenvalue weighted by atomic mass is 10.3. The number of nitrogens with zero attached hydrogens (tertiary/aromatic N) is 2. The molecule has 0 unspecified atom stereocenters. The number of hydrogen-bond acceptors (Lipinski definition) is 2. The van der Waals surface area contributed by atoms with Gasteiger partial charge in [0, 0.05) is 0 Å². The summed E-state index contributed by atoms with van der Waals surface area (Å²) in [6.07, 6.45) is 0. The molecule has 0 heterocycles. The normalized spacial score (nSPS) is 9.18. The molecule has 5 heteroatoms. The van der Waals surface area contributed by atoms with Crippen molar-refractivity contribution >= 4 is 5.69 Å². The number of hydrogen-bond donors (Lipinski definition) is 0. The van der Waals surface area contributed by atoms with Crippen LogP contribution in [0.25, 0.3) is 0 Å². The average Bonchev–Trinajstić information content (AvgIpc) is 2.05. The van der Waals surface area contributed by atoms with E-state index in [4.69, 9.17) is 0 Å². The largest absolute Gasteiger partial charge is 0.232 e. The second-order valence-electron chi connectivity index (χ2n) is 1.83. The Kier molecular flexibility index (Phi) is 2.00. The molecule has 58 valence electrons. The molecule has 1 aromatic rings. The Morgan fingerprint density at radius 1 is 1.36 bits per heavy atom. The van der Waals surface area contributed by atoms with Crippen LogP contribution in [-0.4, -0.2) is 5.03 Å². The lowest BCUT2D eigenvalue weighted by Crippen LogP contribution is -2.19. The number of halogens is 1. The van der Waals surface area contributed by atoms with E-state index in [1.165, 1.54) is 24.3 Å². The first kappa shape index (κ1) is 7.46. The van der Waals surface area contributed by atoms with Crippen molar-refractivity contribution in [1.82, 2.24) is 0 Å². The molecule has 0 aliphatic carbocycles. The quantitative estimate of drug-likeness (QED) is 0.371. The van der Waals surface area contributed by atoms with E-state index in [0.717, 1.165) is 0 Å². The summed E-state index contributed by atoms with van der Waals surface area (Å²) >= 11 is 0. The predicted molar refractivity (Wildman–Crippen MR) is 37.0 cm³/mol. The lowest BCUT2D eigenvalue weighted by molar-refractivity contribution is -0.525. The first-order valence-electron chi connectivity index (χ1n) is 2.87. The van der Waals surface area contributed by atoms with Crippen LogP contribution in [0.2, 0.25) is 0 Å². The molecule has 0 amide bonds. The van der Waals surface area contributed by atoms with Gasteiger partial charge in [-0.3, -0.25) is 0 Å². The van der Waals surface area contributed by atoms with Crippen molar-refractivity contribution < 1.29 is 9.51 Å². The van der Waals surface area contributed by atoms with Crippen LogP contribution in [0.1, 0.15) is 0 Å². The van der Waals surface area contributed by atoms with E-state index >= 15 is 0 Å². The van der Waals surface area contributed by atoms with Gasteiger partial charge in [0.15, 0.2) is 5.03 Å². The van der Waals surface area contributed by atoms with Crippen LogP contribution in [0.15, 0.2) is 30.3 Å². The van der Waals surface area contributed by atoms with E-state index in [9.17, 15) is 14.6 Å². The Morgan fingerprint density at radius 2 is 1.91 bits per heavy atom. The average molecular weight is 156 g/mol. The van der Waals surface area contributed by atoms with E-state index in [2.05, 4.69) is 0 Å². The highest BCUT2D eigenvalue weighted by Crippen LogP contribution is 2.12. The van der Waals surface area contributed by atoms with Crippen molar-refractivity contribution in [3.8, 4) is 0 Å². The Labute approximate surface area is 61.9 Å². The summed E-state index contributed by atoms with van der Waals surface area (Å²) in [5.74, 6) is 0. The Balaban J connectivity index is 2.85. The fraction of sp³-hybridized carbons (Fsp3) is 0. The number of benzene rings is 1. The lowest BCUT2D eigenvalue weighted by Gasteiger charge is -2.00. The molecule has 0 radical (unpaired) electrons. The Morgan fingerprint density at radius 3 is 2.36 bits per heavy atom. The number of para-hydroxylation sites is 1. The van der Waals surface area contributed by atoms with Crippen molar-refractivity contribution in [1.29, 1.82) is 0 Å². The highest BCUT2D eigenvalue weighted by molar-refractivity contribution is 5.40. The third-order valence-electron chi connectivity index (χ3n) is 1.11. The molecule has 0 aliphatic heterocycles. The predicted octanol–water partition coefficient (Wildman–Crippen LogP) is 1.57. The molecule has 4 nitrogen and oxygen atoms in total. The van der Waals surface area contributed by atoms with Crippen LogP contribution in [0.4, 0.5) is 10.2 Å². The molecule has 0 fully saturated rings. The van der Waals surface area contributed by atoms with Crippen molar-refractivity contribution in [2.24, 2.45) is 0 Å². The number of hydrazine groups is 1. The molecule has 0 N–H and O–H groups in total. The highest BCUT2D eigenvalue weighted by atomic mass is 19.2. The molecule has 1 rings (SSSR count). The summed E-state index contributed by atoms with van der Waals surface area (Å²) in [6.45, 7) is 0. The van der Waals surface area contributed by atoms with E-state index in [1.54, 1.807) is 6.07 Å². The van der Waals surface area contributed by atoms with Crippen LogP contribution in [0, 0.1) is 10.1 Å². The van der Waals surface area contributed by atoms with E-state index < -0.39 is 10.3 Å². The first-order chi connectivity index (χ1) is 5.22. The van der Waals surface area contributed by atoms with Gasteiger partial charge in [-0.05, 0) is 16.6 Å². The van der Waals surface area contributed by atoms with Gasteiger partial charge in [-0.15, -0.1) is 0 Å². The summed E-state index contributed by atoms with van der Waals surface area (Å²) in [5, 5.41) is 8.20. The molecule has 0 atom stereocenters. The SMILES string of the molecule is O=[N+]([O-])N(F)c1ccccc1. The fourth-order valence-electron chi connectivity index (χ4n) is 0.645. The van der Waals surface area contributed by atoms with Crippen LogP contribution < -0.4 is 5.23 Å². The van der Waals surface area contributed by atoms with Gasteiger partial charge in [-0.25, -0.2) is 10.1 Å².